The normalized spacial score (nSPS) is 22.0. The lowest BCUT2D eigenvalue weighted by atomic mass is 9.71. The highest BCUT2D eigenvalue weighted by atomic mass is 15.1. The fourth-order valence-corrected chi connectivity index (χ4v) is 5.07. The van der Waals surface area contributed by atoms with Gasteiger partial charge < -0.3 is 10.2 Å². The van der Waals surface area contributed by atoms with Gasteiger partial charge >= 0.3 is 0 Å². The summed E-state index contributed by atoms with van der Waals surface area (Å²) in [6.45, 7) is 9.04. The number of piperidine rings is 1. The zero-order chi connectivity index (χ0) is 18.0. The first-order valence-corrected chi connectivity index (χ1v) is 10.0. The maximum absolute atomic E-state index is 3.94. The summed E-state index contributed by atoms with van der Waals surface area (Å²) in [5.74, 6) is 1.52. The molecule has 1 unspecified atom stereocenters. The van der Waals surface area contributed by atoms with E-state index >= 15 is 0 Å². The molecule has 1 saturated heterocycles. The summed E-state index contributed by atoms with van der Waals surface area (Å²) in [6.07, 6.45) is 3.70. The highest BCUT2D eigenvalue weighted by Crippen LogP contribution is 2.46. The number of nitrogens with zero attached hydrogens (tertiary/aromatic N) is 1. The van der Waals surface area contributed by atoms with Gasteiger partial charge in [0.2, 0.25) is 0 Å². The molecular weight excluding hydrogens is 316 g/mol. The number of hydrogen-bond acceptors (Lipinski definition) is 2. The van der Waals surface area contributed by atoms with E-state index in [1.807, 2.05) is 0 Å². The van der Waals surface area contributed by atoms with Crippen molar-refractivity contribution in [2.45, 2.75) is 51.1 Å². The maximum Gasteiger partial charge on any atom is 0.0209 e. The van der Waals surface area contributed by atoms with Crippen LogP contribution in [0.15, 0.2) is 54.6 Å². The molecule has 1 N–H and O–H groups in total. The molecule has 137 valence electrons. The van der Waals surface area contributed by atoms with Gasteiger partial charge in [-0.15, -0.1) is 0 Å². The minimum Gasteiger partial charge on any atom is -0.309 e. The van der Waals surface area contributed by atoms with Gasteiger partial charge in [-0.2, -0.15) is 0 Å². The largest absolute Gasteiger partial charge is 0.309 e. The first kappa shape index (κ1) is 17.8. The van der Waals surface area contributed by atoms with Crippen molar-refractivity contribution in [1.29, 1.82) is 0 Å². The third-order valence-electron chi connectivity index (χ3n) is 6.33. The highest BCUT2D eigenvalue weighted by Gasteiger charge is 2.47. The second kappa shape index (κ2) is 7.54. The molecule has 1 spiro atoms. The van der Waals surface area contributed by atoms with Gasteiger partial charge in [0.1, 0.15) is 0 Å². The number of likely N-dealkylation sites (tertiary alicyclic amines) is 1. The van der Waals surface area contributed by atoms with Crippen molar-refractivity contribution in [3.63, 3.8) is 0 Å². The number of nitrogens with one attached hydrogen (secondary N) is 1. The van der Waals surface area contributed by atoms with Crippen LogP contribution in [0.4, 0.5) is 0 Å². The lowest BCUT2D eigenvalue weighted by Crippen LogP contribution is -2.52. The molecular formula is C24H31N2. The molecule has 2 aromatic carbocycles. The second-order valence-electron chi connectivity index (χ2n) is 8.42. The van der Waals surface area contributed by atoms with Gasteiger partial charge in [0.05, 0.1) is 0 Å². The molecule has 2 heteroatoms. The Morgan fingerprint density at radius 2 is 1.69 bits per heavy atom. The van der Waals surface area contributed by atoms with Gasteiger partial charge in [-0.1, -0.05) is 68.4 Å². The summed E-state index contributed by atoms with van der Waals surface area (Å²) in [5.41, 5.74) is 4.86. The minimum absolute atomic E-state index is 0.309. The Balaban J connectivity index is 1.52. The lowest BCUT2D eigenvalue weighted by molar-refractivity contribution is 0.139. The SMILES string of the molecule is C[C](C)CN1CCC2(CC1)c1ccccc1CC2NCc1ccccc1. The standard InChI is InChI=1S/C24H31N2/c1-19(2)18-26-14-12-24(13-15-26)22-11-7-6-10-21(22)16-23(24)25-17-20-8-4-3-5-9-20/h3-11,23,25H,12-18H2,1-2H3. The quantitative estimate of drug-likeness (QED) is 0.865. The zero-order valence-electron chi connectivity index (χ0n) is 16.2. The fraction of sp³-hybridized carbons (Fsp3) is 0.458. The fourth-order valence-electron chi connectivity index (χ4n) is 5.07. The van der Waals surface area contributed by atoms with Crippen LogP contribution in [0.25, 0.3) is 0 Å². The van der Waals surface area contributed by atoms with Gasteiger partial charge in [0.15, 0.2) is 0 Å². The summed E-state index contributed by atoms with van der Waals surface area (Å²) in [6, 6.07) is 20.6. The highest BCUT2D eigenvalue weighted by molar-refractivity contribution is 5.43. The van der Waals surface area contributed by atoms with E-state index in [9.17, 15) is 0 Å². The van der Waals surface area contributed by atoms with Crippen molar-refractivity contribution in [3.8, 4) is 0 Å². The predicted octanol–water partition coefficient (Wildman–Crippen LogP) is 4.35. The van der Waals surface area contributed by atoms with E-state index in [4.69, 9.17) is 0 Å². The van der Waals surface area contributed by atoms with Crippen LogP contribution in [0.2, 0.25) is 0 Å². The molecule has 0 aromatic heterocycles. The van der Waals surface area contributed by atoms with Crippen LogP contribution in [-0.2, 0) is 18.4 Å². The Labute approximate surface area is 158 Å². The average Bonchev–Trinajstić information content (AvgIpc) is 2.96. The van der Waals surface area contributed by atoms with Gasteiger partial charge in [0, 0.05) is 24.5 Å². The molecule has 1 aliphatic heterocycles. The predicted molar refractivity (Wildman–Crippen MR) is 109 cm³/mol. The summed E-state index contributed by atoms with van der Waals surface area (Å²) in [7, 11) is 0. The van der Waals surface area contributed by atoms with E-state index in [-0.39, 0.29) is 0 Å². The molecule has 2 aromatic rings. The molecule has 2 nitrogen and oxygen atoms in total. The topological polar surface area (TPSA) is 15.3 Å². The smallest absolute Gasteiger partial charge is 0.0209 e. The molecule has 1 heterocycles. The monoisotopic (exact) mass is 347 g/mol. The average molecular weight is 348 g/mol. The van der Waals surface area contributed by atoms with Gasteiger partial charge in [-0.05, 0) is 55.0 Å². The second-order valence-corrected chi connectivity index (χ2v) is 8.42. The molecule has 1 fully saturated rings. The summed E-state index contributed by atoms with van der Waals surface area (Å²) in [4.78, 5) is 2.63. The summed E-state index contributed by atoms with van der Waals surface area (Å²) >= 11 is 0. The maximum atomic E-state index is 3.94. The Kier molecular flexibility index (Phi) is 5.15. The van der Waals surface area contributed by atoms with Crippen LogP contribution < -0.4 is 5.32 Å². The van der Waals surface area contributed by atoms with Crippen LogP contribution in [0.1, 0.15) is 43.4 Å². The Morgan fingerprint density at radius 3 is 2.42 bits per heavy atom. The van der Waals surface area contributed by atoms with E-state index in [1.54, 1.807) is 11.1 Å². The van der Waals surface area contributed by atoms with Crippen LogP contribution in [0, 0.1) is 5.92 Å². The third-order valence-corrected chi connectivity index (χ3v) is 6.33. The lowest BCUT2D eigenvalue weighted by Gasteiger charge is -2.44. The number of hydrogen-bond donors (Lipinski definition) is 1. The van der Waals surface area contributed by atoms with E-state index in [2.05, 4.69) is 78.7 Å². The number of fused-ring (bicyclic) bond motifs is 2. The van der Waals surface area contributed by atoms with Gasteiger partial charge in [-0.3, -0.25) is 0 Å². The molecule has 1 aliphatic carbocycles. The van der Waals surface area contributed by atoms with Crippen LogP contribution >= 0.6 is 0 Å². The molecule has 0 amide bonds. The Hall–Kier alpha value is -1.64. The molecule has 2 aliphatic rings. The molecule has 0 saturated carbocycles. The van der Waals surface area contributed by atoms with Gasteiger partial charge in [0.25, 0.3) is 0 Å². The van der Waals surface area contributed by atoms with Crippen molar-refractivity contribution in [2.75, 3.05) is 19.6 Å². The van der Waals surface area contributed by atoms with E-state index in [1.165, 1.54) is 43.8 Å². The summed E-state index contributed by atoms with van der Waals surface area (Å²) < 4.78 is 0. The summed E-state index contributed by atoms with van der Waals surface area (Å²) in [5, 5.41) is 3.94. The first-order chi connectivity index (χ1) is 12.7. The number of rotatable bonds is 5. The third kappa shape index (κ3) is 3.45. The number of benzene rings is 2. The Bertz CT molecular complexity index is 714. The van der Waals surface area contributed by atoms with Crippen molar-refractivity contribution in [3.05, 3.63) is 77.2 Å². The molecule has 0 bridgehead atoms. The Morgan fingerprint density at radius 1 is 1.00 bits per heavy atom. The van der Waals surface area contributed by atoms with Crippen molar-refractivity contribution in [1.82, 2.24) is 10.2 Å². The van der Waals surface area contributed by atoms with Crippen molar-refractivity contribution < 1.29 is 0 Å². The van der Waals surface area contributed by atoms with E-state index in [0.29, 0.717) is 11.5 Å². The molecule has 1 radical (unpaired) electrons. The van der Waals surface area contributed by atoms with E-state index < -0.39 is 0 Å². The van der Waals surface area contributed by atoms with Crippen molar-refractivity contribution in [2.24, 2.45) is 0 Å². The van der Waals surface area contributed by atoms with Crippen LogP contribution in [-0.4, -0.2) is 30.6 Å². The van der Waals surface area contributed by atoms with Gasteiger partial charge in [-0.25, -0.2) is 0 Å². The molecule has 4 rings (SSSR count). The van der Waals surface area contributed by atoms with E-state index in [0.717, 1.165) is 13.1 Å². The molecule has 1 atom stereocenters. The molecule has 26 heavy (non-hydrogen) atoms. The van der Waals surface area contributed by atoms with Crippen molar-refractivity contribution >= 4 is 0 Å². The minimum atomic E-state index is 0.309. The first-order valence-electron chi connectivity index (χ1n) is 10.0. The zero-order valence-corrected chi connectivity index (χ0v) is 16.2. The van der Waals surface area contributed by atoms with Crippen LogP contribution in [0.5, 0.6) is 0 Å². The van der Waals surface area contributed by atoms with Crippen LogP contribution in [0.3, 0.4) is 0 Å².